The number of benzene rings is 2. The van der Waals surface area contributed by atoms with E-state index >= 15 is 0 Å². The Labute approximate surface area is 140 Å². The molecule has 0 spiro atoms. The first-order valence-electron chi connectivity index (χ1n) is 6.89. The van der Waals surface area contributed by atoms with Gasteiger partial charge in [-0.1, -0.05) is 41.9 Å². The van der Waals surface area contributed by atoms with Crippen LogP contribution in [0.5, 0.6) is 0 Å². The summed E-state index contributed by atoms with van der Waals surface area (Å²) >= 11 is 5.88. The number of aliphatic hydroxyl groups is 2. The normalized spacial score (nSPS) is 15.9. The van der Waals surface area contributed by atoms with Gasteiger partial charge < -0.3 is 10.2 Å². The van der Waals surface area contributed by atoms with E-state index in [1.165, 1.54) is 25.1 Å². The lowest BCUT2D eigenvalue weighted by atomic mass is 9.95. The van der Waals surface area contributed by atoms with Crippen LogP contribution in [-0.4, -0.2) is 24.9 Å². The first-order chi connectivity index (χ1) is 10.6. The molecule has 2 aromatic carbocycles. The molecule has 2 unspecified atom stereocenters. The van der Waals surface area contributed by atoms with Crippen LogP contribution < -0.4 is 4.72 Å². The average molecular weight is 356 g/mol. The van der Waals surface area contributed by atoms with E-state index in [4.69, 9.17) is 11.6 Å². The molecule has 0 aliphatic carbocycles. The second-order valence-corrected chi connectivity index (χ2v) is 7.57. The molecule has 0 amide bonds. The van der Waals surface area contributed by atoms with Gasteiger partial charge in [-0.25, -0.2) is 8.42 Å². The Morgan fingerprint density at radius 3 is 2.35 bits per heavy atom. The van der Waals surface area contributed by atoms with Gasteiger partial charge in [-0.3, -0.25) is 0 Å². The lowest BCUT2D eigenvalue weighted by molar-refractivity contribution is -0.0719. The Morgan fingerprint density at radius 1 is 1.17 bits per heavy atom. The van der Waals surface area contributed by atoms with Gasteiger partial charge in [0.25, 0.3) is 0 Å². The predicted molar refractivity (Wildman–Crippen MR) is 88.5 cm³/mol. The average Bonchev–Trinajstić information content (AvgIpc) is 2.50. The number of sulfonamides is 1. The van der Waals surface area contributed by atoms with Crippen LogP contribution in [0.3, 0.4) is 0 Å². The molecule has 2 aromatic rings. The molecule has 3 N–H and O–H groups in total. The van der Waals surface area contributed by atoms with Gasteiger partial charge in [0.1, 0.15) is 5.60 Å². The lowest BCUT2D eigenvalue weighted by Gasteiger charge is -2.29. The summed E-state index contributed by atoms with van der Waals surface area (Å²) in [7, 11) is -4.01. The van der Waals surface area contributed by atoms with Crippen molar-refractivity contribution in [2.75, 3.05) is 0 Å². The fourth-order valence-electron chi connectivity index (χ4n) is 2.05. The molecule has 0 aromatic heterocycles. The maximum Gasteiger partial charge on any atom is 0.242 e. The van der Waals surface area contributed by atoms with Crippen molar-refractivity contribution in [2.45, 2.75) is 30.6 Å². The maximum absolute atomic E-state index is 12.4. The summed E-state index contributed by atoms with van der Waals surface area (Å²) in [6.45, 7) is 3.01. The van der Waals surface area contributed by atoms with E-state index < -0.39 is 21.9 Å². The van der Waals surface area contributed by atoms with Crippen LogP contribution >= 0.6 is 11.6 Å². The third-order valence-corrected chi connectivity index (χ3v) is 5.43. The van der Waals surface area contributed by atoms with E-state index in [0.717, 1.165) is 0 Å². The van der Waals surface area contributed by atoms with Crippen LogP contribution in [0.1, 0.15) is 18.1 Å². The van der Waals surface area contributed by atoms with E-state index in [2.05, 4.69) is 4.72 Å². The fraction of sp³-hybridized carbons (Fsp3) is 0.250. The van der Waals surface area contributed by atoms with Crippen LogP contribution in [0.2, 0.25) is 5.02 Å². The first-order valence-corrected chi connectivity index (χ1v) is 8.75. The Balaban J connectivity index is 2.27. The third-order valence-electron chi connectivity index (χ3n) is 3.60. The molecule has 124 valence electrons. The van der Waals surface area contributed by atoms with E-state index in [0.29, 0.717) is 16.1 Å². The Kier molecular flexibility index (Phi) is 5.13. The highest BCUT2D eigenvalue weighted by Gasteiger charge is 2.35. The second kappa shape index (κ2) is 6.59. The minimum atomic E-state index is -4.01. The maximum atomic E-state index is 12.4. The molecule has 23 heavy (non-hydrogen) atoms. The highest BCUT2D eigenvalue weighted by atomic mass is 35.5. The number of hydrogen-bond acceptors (Lipinski definition) is 4. The SMILES string of the molecule is Cc1cc(S(=O)(=O)NC(O)C(C)(O)c2ccccc2)ccc1Cl. The molecule has 0 bridgehead atoms. The molecule has 0 aliphatic heterocycles. The Morgan fingerprint density at radius 2 is 1.78 bits per heavy atom. The molecule has 0 saturated heterocycles. The first kappa shape index (κ1) is 17.9. The van der Waals surface area contributed by atoms with Crippen LogP contribution in [0.4, 0.5) is 0 Å². The van der Waals surface area contributed by atoms with Crippen molar-refractivity contribution < 1.29 is 18.6 Å². The summed E-state index contributed by atoms with van der Waals surface area (Å²) < 4.78 is 26.8. The minimum absolute atomic E-state index is 0.0395. The Bertz CT molecular complexity index is 791. The summed E-state index contributed by atoms with van der Waals surface area (Å²) in [5.41, 5.74) is -0.795. The van der Waals surface area contributed by atoms with E-state index in [-0.39, 0.29) is 4.90 Å². The number of aryl methyl sites for hydroxylation is 1. The summed E-state index contributed by atoms with van der Waals surface area (Å²) in [5, 5.41) is 21.1. The molecule has 7 heteroatoms. The molecule has 0 saturated carbocycles. The lowest BCUT2D eigenvalue weighted by Crippen LogP contribution is -2.48. The van der Waals surface area contributed by atoms with Crippen molar-refractivity contribution in [3.05, 3.63) is 64.7 Å². The number of hydrogen-bond donors (Lipinski definition) is 3. The molecule has 0 radical (unpaired) electrons. The molecule has 0 heterocycles. The topological polar surface area (TPSA) is 86.6 Å². The molecular formula is C16H18ClNO4S. The number of halogens is 1. The number of rotatable bonds is 5. The van der Waals surface area contributed by atoms with E-state index in [1.54, 1.807) is 37.3 Å². The zero-order valence-electron chi connectivity index (χ0n) is 12.7. The van der Waals surface area contributed by atoms with Crippen LogP contribution in [0, 0.1) is 6.92 Å². The number of nitrogens with one attached hydrogen (secondary N) is 1. The molecule has 2 rings (SSSR count). The third kappa shape index (κ3) is 3.91. The van der Waals surface area contributed by atoms with E-state index in [9.17, 15) is 18.6 Å². The van der Waals surface area contributed by atoms with Crippen molar-refractivity contribution in [1.82, 2.24) is 4.72 Å². The Hall–Kier alpha value is -1.44. The molecule has 5 nitrogen and oxygen atoms in total. The highest BCUT2D eigenvalue weighted by Crippen LogP contribution is 2.25. The van der Waals surface area contributed by atoms with Gasteiger partial charge in [-0.15, -0.1) is 0 Å². The zero-order valence-corrected chi connectivity index (χ0v) is 14.3. The smallest absolute Gasteiger partial charge is 0.242 e. The van der Waals surface area contributed by atoms with Gasteiger partial charge in [0.15, 0.2) is 6.23 Å². The zero-order chi connectivity index (χ0) is 17.3. The van der Waals surface area contributed by atoms with Crippen molar-refractivity contribution in [2.24, 2.45) is 0 Å². The summed E-state index contributed by atoms with van der Waals surface area (Å²) in [6, 6.07) is 12.5. The molecular weight excluding hydrogens is 338 g/mol. The number of aliphatic hydroxyl groups excluding tert-OH is 1. The van der Waals surface area contributed by atoms with Gasteiger partial charge in [-0.05, 0) is 43.2 Å². The van der Waals surface area contributed by atoms with Crippen LogP contribution in [-0.2, 0) is 15.6 Å². The predicted octanol–water partition coefficient (Wildman–Crippen LogP) is 2.15. The van der Waals surface area contributed by atoms with Crippen molar-refractivity contribution in [1.29, 1.82) is 0 Å². The van der Waals surface area contributed by atoms with Gasteiger partial charge in [-0.2, -0.15) is 4.72 Å². The standard InChI is InChI=1S/C16H18ClNO4S/c1-11-10-13(8-9-14(11)17)23(21,22)18-15(19)16(2,20)12-6-4-3-5-7-12/h3-10,15,18-20H,1-2H3. The van der Waals surface area contributed by atoms with Gasteiger partial charge in [0.2, 0.25) is 10.0 Å². The summed E-state index contributed by atoms with van der Waals surface area (Å²) in [4.78, 5) is -0.0395. The van der Waals surface area contributed by atoms with Crippen molar-refractivity contribution >= 4 is 21.6 Å². The molecule has 2 atom stereocenters. The molecule has 0 aliphatic rings. The van der Waals surface area contributed by atoms with Gasteiger partial charge in [0, 0.05) is 5.02 Å². The van der Waals surface area contributed by atoms with Crippen LogP contribution in [0.25, 0.3) is 0 Å². The van der Waals surface area contributed by atoms with Crippen molar-refractivity contribution in [3.8, 4) is 0 Å². The van der Waals surface area contributed by atoms with Gasteiger partial charge >= 0.3 is 0 Å². The largest absolute Gasteiger partial charge is 0.381 e. The second-order valence-electron chi connectivity index (χ2n) is 5.45. The molecule has 0 fully saturated rings. The minimum Gasteiger partial charge on any atom is -0.381 e. The summed E-state index contributed by atoms with van der Waals surface area (Å²) in [6.07, 6.45) is -1.72. The fourth-order valence-corrected chi connectivity index (χ4v) is 3.40. The van der Waals surface area contributed by atoms with Gasteiger partial charge in [0.05, 0.1) is 4.90 Å². The summed E-state index contributed by atoms with van der Waals surface area (Å²) in [5.74, 6) is 0. The van der Waals surface area contributed by atoms with Crippen LogP contribution in [0.15, 0.2) is 53.4 Å². The van der Waals surface area contributed by atoms with E-state index in [1.807, 2.05) is 0 Å². The van der Waals surface area contributed by atoms with Crippen molar-refractivity contribution in [3.63, 3.8) is 0 Å². The highest BCUT2D eigenvalue weighted by molar-refractivity contribution is 7.89. The quantitative estimate of drug-likeness (QED) is 0.717. The monoisotopic (exact) mass is 355 g/mol.